The third-order valence-corrected chi connectivity index (χ3v) is 2.50. The van der Waals surface area contributed by atoms with E-state index in [-0.39, 0.29) is 5.56 Å². The van der Waals surface area contributed by atoms with Crippen LogP contribution in [-0.2, 0) is 0 Å². The molecule has 0 atom stereocenters. The first kappa shape index (κ1) is 12.8. The Morgan fingerprint density at radius 2 is 1.47 bits per heavy atom. The summed E-state index contributed by atoms with van der Waals surface area (Å²) in [5.74, 6) is -4.55. The normalized spacial score (nSPS) is 10.2. The van der Waals surface area contributed by atoms with Gasteiger partial charge in [-0.05, 0) is 17.7 Å². The van der Waals surface area contributed by atoms with Gasteiger partial charge in [-0.15, -0.1) is 0 Å². The van der Waals surface area contributed by atoms with Gasteiger partial charge in [0.05, 0.1) is 5.56 Å². The average Bonchev–Trinajstić information content (AvgIpc) is 2.26. The maximum atomic E-state index is 13.6. The molecule has 3 nitrogen and oxygen atoms in total. The van der Waals surface area contributed by atoms with Crippen molar-refractivity contribution in [3.8, 4) is 28.7 Å². The van der Waals surface area contributed by atoms with E-state index in [1.54, 1.807) is 0 Å². The molecule has 0 spiro atoms. The lowest BCUT2D eigenvalue weighted by atomic mass is 10.0. The smallest absolute Gasteiger partial charge is 0.144 e. The Balaban J connectivity index is 2.71. The largest absolute Gasteiger partial charge is 0.508 e. The van der Waals surface area contributed by atoms with Crippen molar-refractivity contribution >= 4 is 0 Å². The fraction of sp³-hybridized carbons (Fsp3) is 0. The van der Waals surface area contributed by atoms with Crippen molar-refractivity contribution in [2.75, 3.05) is 0 Å². The quantitative estimate of drug-likeness (QED) is 0.832. The number of benzene rings is 2. The zero-order valence-electron chi connectivity index (χ0n) is 9.28. The summed E-state index contributed by atoms with van der Waals surface area (Å²) in [5.41, 5.74) is -1.52. The Kier molecular flexibility index (Phi) is 3.05. The van der Waals surface area contributed by atoms with E-state index >= 15 is 0 Å². The second kappa shape index (κ2) is 4.53. The van der Waals surface area contributed by atoms with Crippen LogP contribution in [0.4, 0.5) is 13.2 Å². The second-order valence-corrected chi connectivity index (χ2v) is 3.75. The van der Waals surface area contributed by atoms with Crippen molar-refractivity contribution in [3.63, 3.8) is 0 Å². The second-order valence-electron chi connectivity index (χ2n) is 3.75. The molecule has 6 heteroatoms. The zero-order valence-corrected chi connectivity index (χ0v) is 9.28. The predicted octanol–water partition coefficient (Wildman–Crippen LogP) is 3.05. The maximum Gasteiger partial charge on any atom is 0.144 e. The third kappa shape index (κ3) is 2.18. The van der Waals surface area contributed by atoms with Gasteiger partial charge in [0, 0.05) is 12.1 Å². The molecular weight excluding hydrogens is 259 g/mol. The number of phenolic OH excluding ortho intramolecular Hbond substituents is 2. The minimum Gasteiger partial charge on any atom is -0.508 e. The first-order valence-electron chi connectivity index (χ1n) is 5.05. The molecule has 0 fully saturated rings. The Labute approximate surface area is 105 Å². The van der Waals surface area contributed by atoms with E-state index in [0.29, 0.717) is 6.07 Å². The molecule has 0 bridgehead atoms. The number of hydrogen-bond donors (Lipinski definition) is 2. The molecule has 0 aliphatic carbocycles. The van der Waals surface area contributed by atoms with E-state index in [1.807, 2.05) is 0 Å². The van der Waals surface area contributed by atoms with Gasteiger partial charge in [-0.2, -0.15) is 5.26 Å². The van der Waals surface area contributed by atoms with Crippen molar-refractivity contribution in [3.05, 3.63) is 47.3 Å². The molecule has 0 saturated heterocycles. The van der Waals surface area contributed by atoms with E-state index in [9.17, 15) is 18.3 Å². The molecule has 0 amide bonds. The molecule has 0 radical (unpaired) electrons. The lowest BCUT2D eigenvalue weighted by molar-refractivity contribution is 0.443. The molecule has 2 rings (SSSR count). The van der Waals surface area contributed by atoms with Crippen molar-refractivity contribution in [1.82, 2.24) is 0 Å². The van der Waals surface area contributed by atoms with Gasteiger partial charge in [-0.25, -0.2) is 13.2 Å². The molecule has 0 heterocycles. The van der Waals surface area contributed by atoms with Crippen LogP contribution >= 0.6 is 0 Å². The summed E-state index contributed by atoms with van der Waals surface area (Å²) in [6.45, 7) is 0. The summed E-state index contributed by atoms with van der Waals surface area (Å²) < 4.78 is 40.5. The predicted molar refractivity (Wildman–Crippen MR) is 59.8 cm³/mol. The van der Waals surface area contributed by atoms with Crippen LogP contribution in [0.25, 0.3) is 11.1 Å². The molecular formula is C13H6F3NO2. The van der Waals surface area contributed by atoms with Crippen LogP contribution < -0.4 is 0 Å². The topological polar surface area (TPSA) is 64.2 Å². The van der Waals surface area contributed by atoms with Crippen molar-refractivity contribution < 1.29 is 23.4 Å². The van der Waals surface area contributed by atoms with Gasteiger partial charge in [-0.3, -0.25) is 0 Å². The lowest BCUT2D eigenvalue weighted by Crippen LogP contribution is -1.94. The molecule has 0 saturated carbocycles. The van der Waals surface area contributed by atoms with Crippen LogP contribution in [0.2, 0.25) is 0 Å². The number of hydrogen-bond acceptors (Lipinski definition) is 3. The number of phenols is 2. The molecule has 0 unspecified atom stereocenters. The van der Waals surface area contributed by atoms with E-state index < -0.39 is 40.1 Å². The number of aromatic hydroxyl groups is 2. The van der Waals surface area contributed by atoms with Crippen LogP contribution in [0.15, 0.2) is 24.3 Å². The average molecular weight is 265 g/mol. The Bertz CT molecular complexity index is 662. The van der Waals surface area contributed by atoms with E-state index in [0.717, 1.165) is 18.2 Å². The van der Waals surface area contributed by atoms with Crippen LogP contribution in [0.3, 0.4) is 0 Å². The maximum absolute atomic E-state index is 13.6. The SMILES string of the molecule is N#Cc1c(F)cc(-c2c(O)cc(O)cc2F)cc1F. The van der Waals surface area contributed by atoms with Crippen LogP contribution in [0.5, 0.6) is 11.5 Å². The first-order valence-corrected chi connectivity index (χ1v) is 5.05. The Hall–Kier alpha value is -2.68. The number of nitriles is 1. The summed E-state index contributed by atoms with van der Waals surface area (Å²) in [4.78, 5) is 0. The number of rotatable bonds is 1. The van der Waals surface area contributed by atoms with Crippen molar-refractivity contribution in [1.29, 1.82) is 5.26 Å². The Morgan fingerprint density at radius 3 is 1.95 bits per heavy atom. The van der Waals surface area contributed by atoms with Gasteiger partial charge in [0.1, 0.15) is 40.6 Å². The van der Waals surface area contributed by atoms with Crippen LogP contribution in [0, 0.1) is 28.8 Å². The lowest BCUT2D eigenvalue weighted by Gasteiger charge is -2.08. The van der Waals surface area contributed by atoms with Crippen molar-refractivity contribution in [2.24, 2.45) is 0 Å². The van der Waals surface area contributed by atoms with Gasteiger partial charge < -0.3 is 10.2 Å². The highest BCUT2D eigenvalue weighted by Crippen LogP contribution is 2.36. The van der Waals surface area contributed by atoms with Gasteiger partial charge in [0.2, 0.25) is 0 Å². The minimum atomic E-state index is -1.16. The highest BCUT2D eigenvalue weighted by atomic mass is 19.1. The monoisotopic (exact) mass is 265 g/mol. The van der Waals surface area contributed by atoms with Crippen LogP contribution in [0.1, 0.15) is 5.56 Å². The van der Waals surface area contributed by atoms with Crippen LogP contribution in [-0.4, -0.2) is 10.2 Å². The van der Waals surface area contributed by atoms with E-state index in [2.05, 4.69) is 0 Å². The van der Waals surface area contributed by atoms with E-state index in [4.69, 9.17) is 10.4 Å². The summed E-state index contributed by atoms with van der Waals surface area (Å²) in [6.07, 6.45) is 0. The highest BCUT2D eigenvalue weighted by molar-refractivity contribution is 5.72. The molecule has 0 aliphatic heterocycles. The molecule has 0 aliphatic rings. The molecule has 2 aromatic carbocycles. The summed E-state index contributed by atoms with van der Waals surface area (Å²) in [5, 5.41) is 27.1. The third-order valence-electron chi connectivity index (χ3n) is 2.50. The first-order chi connectivity index (χ1) is 8.93. The molecule has 2 aromatic rings. The zero-order chi connectivity index (χ0) is 14.2. The van der Waals surface area contributed by atoms with Gasteiger partial charge in [-0.1, -0.05) is 0 Å². The standard InChI is InChI=1S/C13H6F3NO2/c14-9-1-6(2-10(15)8(9)5-17)13-11(16)3-7(18)4-12(13)19/h1-4,18-19H. The fourth-order valence-corrected chi connectivity index (χ4v) is 1.69. The van der Waals surface area contributed by atoms with Gasteiger partial charge in [0.25, 0.3) is 0 Å². The summed E-state index contributed by atoms with van der Waals surface area (Å²) in [6, 6.07) is 4.34. The number of halogens is 3. The van der Waals surface area contributed by atoms with Crippen molar-refractivity contribution in [2.45, 2.75) is 0 Å². The van der Waals surface area contributed by atoms with Gasteiger partial charge in [0.15, 0.2) is 0 Å². The molecule has 0 aromatic heterocycles. The Morgan fingerprint density at radius 1 is 0.895 bits per heavy atom. The molecule has 19 heavy (non-hydrogen) atoms. The highest BCUT2D eigenvalue weighted by Gasteiger charge is 2.17. The van der Waals surface area contributed by atoms with Gasteiger partial charge >= 0.3 is 0 Å². The number of nitrogens with zero attached hydrogens (tertiary/aromatic N) is 1. The molecule has 2 N–H and O–H groups in total. The fourth-order valence-electron chi connectivity index (χ4n) is 1.69. The summed E-state index contributed by atoms with van der Waals surface area (Å²) >= 11 is 0. The molecule has 96 valence electrons. The minimum absolute atomic E-state index is 0.274. The van der Waals surface area contributed by atoms with E-state index in [1.165, 1.54) is 6.07 Å². The summed E-state index contributed by atoms with van der Waals surface area (Å²) in [7, 11) is 0.